The molecule has 2 rings (SSSR count). The van der Waals surface area contributed by atoms with Gasteiger partial charge in [0.05, 0.1) is 5.69 Å². The number of aryl methyl sites for hydroxylation is 1. The van der Waals surface area contributed by atoms with Crippen LogP contribution in [0.2, 0.25) is 0 Å². The fourth-order valence-electron chi connectivity index (χ4n) is 1.57. The van der Waals surface area contributed by atoms with Crippen molar-refractivity contribution in [3.63, 3.8) is 0 Å². The zero-order chi connectivity index (χ0) is 11.4. The van der Waals surface area contributed by atoms with Crippen LogP contribution in [-0.4, -0.2) is 15.0 Å². The quantitative estimate of drug-likeness (QED) is 0.842. The van der Waals surface area contributed by atoms with E-state index in [1.807, 2.05) is 18.3 Å². The molecule has 0 aliphatic rings. The van der Waals surface area contributed by atoms with E-state index in [1.165, 1.54) is 0 Å². The van der Waals surface area contributed by atoms with Crippen molar-refractivity contribution in [2.75, 3.05) is 0 Å². The smallest absolute Gasteiger partial charge is 0.159 e. The average molecular weight is 214 g/mol. The summed E-state index contributed by atoms with van der Waals surface area (Å²) in [5.74, 6) is 0.724. The lowest BCUT2D eigenvalue weighted by molar-refractivity contribution is 0.965. The molecule has 2 heterocycles. The molecule has 0 aromatic carbocycles. The molecule has 4 nitrogen and oxygen atoms in total. The molecule has 0 saturated heterocycles. The van der Waals surface area contributed by atoms with Crippen molar-refractivity contribution >= 4 is 0 Å². The standard InChI is InChI=1S/C12H14N4/c1-2-9-8-14-5-4-11(9)12-15-6-3-10(7-13)16-12/h3-6,8H,2,7,13H2,1H3. The van der Waals surface area contributed by atoms with E-state index in [1.54, 1.807) is 12.4 Å². The van der Waals surface area contributed by atoms with Gasteiger partial charge in [-0.3, -0.25) is 4.98 Å². The first-order chi connectivity index (χ1) is 7.85. The van der Waals surface area contributed by atoms with Crippen molar-refractivity contribution in [2.24, 2.45) is 5.73 Å². The molecule has 0 saturated carbocycles. The minimum atomic E-state index is 0.433. The van der Waals surface area contributed by atoms with Gasteiger partial charge in [0.25, 0.3) is 0 Å². The largest absolute Gasteiger partial charge is 0.325 e. The molecule has 0 unspecified atom stereocenters. The van der Waals surface area contributed by atoms with E-state index in [4.69, 9.17) is 5.73 Å². The van der Waals surface area contributed by atoms with Crippen LogP contribution in [0.4, 0.5) is 0 Å². The van der Waals surface area contributed by atoms with Crippen LogP contribution in [-0.2, 0) is 13.0 Å². The molecule has 0 amide bonds. The number of nitrogens with two attached hydrogens (primary N) is 1. The second-order valence-electron chi connectivity index (χ2n) is 3.46. The Bertz CT molecular complexity index is 482. The van der Waals surface area contributed by atoms with E-state index in [2.05, 4.69) is 21.9 Å². The van der Waals surface area contributed by atoms with Crippen LogP contribution in [0.5, 0.6) is 0 Å². The van der Waals surface area contributed by atoms with E-state index in [0.29, 0.717) is 6.54 Å². The van der Waals surface area contributed by atoms with Crippen molar-refractivity contribution < 1.29 is 0 Å². The SMILES string of the molecule is CCc1cnccc1-c1nccc(CN)n1. The third kappa shape index (κ3) is 2.06. The topological polar surface area (TPSA) is 64.7 Å². The third-order valence-electron chi connectivity index (χ3n) is 2.45. The lowest BCUT2D eigenvalue weighted by Gasteiger charge is -2.06. The fourth-order valence-corrected chi connectivity index (χ4v) is 1.57. The molecule has 16 heavy (non-hydrogen) atoms. The van der Waals surface area contributed by atoms with Gasteiger partial charge in [-0.05, 0) is 24.1 Å². The van der Waals surface area contributed by atoms with Gasteiger partial charge < -0.3 is 5.73 Å². The molecule has 0 spiro atoms. The second kappa shape index (κ2) is 4.81. The van der Waals surface area contributed by atoms with Crippen LogP contribution in [0.25, 0.3) is 11.4 Å². The molecule has 82 valence electrons. The van der Waals surface area contributed by atoms with Gasteiger partial charge in [-0.15, -0.1) is 0 Å². The Labute approximate surface area is 94.6 Å². The minimum absolute atomic E-state index is 0.433. The number of rotatable bonds is 3. The van der Waals surface area contributed by atoms with Gasteiger partial charge in [-0.1, -0.05) is 6.92 Å². The number of nitrogens with zero attached hydrogens (tertiary/aromatic N) is 3. The zero-order valence-corrected chi connectivity index (χ0v) is 9.22. The van der Waals surface area contributed by atoms with Gasteiger partial charge in [-0.25, -0.2) is 9.97 Å². The average Bonchev–Trinajstić information content (AvgIpc) is 2.38. The summed E-state index contributed by atoms with van der Waals surface area (Å²) in [5.41, 5.74) is 8.60. The van der Waals surface area contributed by atoms with Gasteiger partial charge in [0.15, 0.2) is 5.82 Å². The maximum Gasteiger partial charge on any atom is 0.159 e. The highest BCUT2D eigenvalue weighted by Crippen LogP contribution is 2.19. The second-order valence-corrected chi connectivity index (χ2v) is 3.46. The van der Waals surface area contributed by atoms with Crippen LogP contribution in [0.3, 0.4) is 0 Å². The molecule has 0 radical (unpaired) electrons. The van der Waals surface area contributed by atoms with Crippen molar-refractivity contribution in [2.45, 2.75) is 19.9 Å². The summed E-state index contributed by atoms with van der Waals surface area (Å²) in [6, 6.07) is 3.77. The highest BCUT2D eigenvalue weighted by atomic mass is 14.9. The molecule has 0 bridgehead atoms. The highest BCUT2D eigenvalue weighted by Gasteiger charge is 2.06. The Kier molecular flexibility index (Phi) is 3.22. The highest BCUT2D eigenvalue weighted by molar-refractivity contribution is 5.59. The van der Waals surface area contributed by atoms with E-state index in [-0.39, 0.29) is 0 Å². The maximum atomic E-state index is 5.56. The first kappa shape index (κ1) is 10.7. The Balaban J connectivity index is 2.49. The molecular weight excluding hydrogens is 200 g/mol. The normalized spacial score (nSPS) is 10.4. The Hall–Kier alpha value is -1.81. The lowest BCUT2D eigenvalue weighted by Crippen LogP contribution is -2.02. The molecule has 0 atom stereocenters. The Morgan fingerprint density at radius 2 is 2.12 bits per heavy atom. The summed E-state index contributed by atoms with van der Waals surface area (Å²) in [5, 5.41) is 0. The summed E-state index contributed by atoms with van der Waals surface area (Å²) in [4.78, 5) is 12.8. The van der Waals surface area contributed by atoms with Gasteiger partial charge in [0.2, 0.25) is 0 Å². The van der Waals surface area contributed by atoms with Crippen LogP contribution >= 0.6 is 0 Å². The number of hydrogen-bond donors (Lipinski definition) is 1. The maximum absolute atomic E-state index is 5.56. The molecule has 2 N–H and O–H groups in total. The first-order valence-corrected chi connectivity index (χ1v) is 5.30. The van der Waals surface area contributed by atoms with E-state index in [0.717, 1.165) is 29.1 Å². The summed E-state index contributed by atoms with van der Waals surface area (Å²) < 4.78 is 0. The number of hydrogen-bond acceptors (Lipinski definition) is 4. The van der Waals surface area contributed by atoms with E-state index < -0.39 is 0 Å². The molecule has 2 aromatic rings. The van der Waals surface area contributed by atoms with Crippen molar-refractivity contribution in [3.05, 3.63) is 42.0 Å². The Morgan fingerprint density at radius 3 is 2.88 bits per heavy atom. The van der Waals surface area contributed by atoms with Crippen LogP contribution in [0, 0.1) is 0 Å². The molecular formula is C12H14N4. The van der Waals surface area contributed by atoms with E-state index in [9.17, 15) is 0 Å². The third-order valence-corrected chi connectivity index (χ3v) is 2.45. The molecule has 4 heteroatoms. The van der Waals surface area contributed by atoms with Crippen molar-refractivity contribution in [1.29, 1.82) is 0 Å². The number of aromatic nitrogens is 3. The molecule has 0 aliphatic carbocycles. The summed E-state index contributed by atoms with van der Waals surface area (Å²) in [6.45, 7) is 2.52. The van der Waals surface area contributed by atoms with Gasteiger partial charge >= 0.3 is 0 Å². The van der Waals surface area contributed by atoms with Gasteiger partial charge in [0, 0.05) is 30.7 Å². The fraction of sp³-hybridized carbons (Fsp3) is 0.250. The zero-order valence-electron chi connectivity index (χ0n) is 9.22. The lowest BCUT2D eigenvalue weighted by atomic mass is 10.1. The van der Waals surface area contributed by atoms with Crippen molar-refractivity contribution in [1.82, 2.24) is 15.0 Å². The van der Waals surface area contributed by atoms with Crippen LogP contribution in [0.15, 0.2) is 30.7 Å². The minimum Gasteiger partial charge on any atom is -0.325 e. The van der Waals surface area contributed by atoms with E-state index >= 15 is 0 Å². The van der Waals surface area contributed by atoms with Crippen LogP contribution in [0.1, 0.15) is 18.2 Å². The summed E-state index contributed by atoms with van der Waals surface area (Å²) in [6.07, 6.45) is 6.27. The first-order valence-electron chi connectivity index (χ1n) is 5.30. The van der Waals surface area contributed by atoms with Crippen molar-refractivity contribution in [3.8, 4) is 11.4 Å². The molecule has 0 fully saturated rings. The predicted octanol–water partition coefficient (Wildman–Crippen LogP) is 1.56. The number of pyridine rings is 1. The predicted molar refractivity (Wildman–Crippen MR) is 62.5 cm³/mol. The van der Waals surface area contributed by atoms with Crippen LogP contribution < -0.4 is 5.73 Å². The Morgan fingerprint density at radius 1 is 1.25 bits per heavy atom. The molecule has 2 aromatic heterocycles. The molecule has 0 aliphatic heterocycles. The van der Waals surface area contributed by atoms with Gasteiger partial charge in [-0.2, -0.15) is 0 Å². The van der Waals surface area contributed by atoms with Gasteiger partial charge in [0.1, 0.15) is 0 Å². The summed E-state index contributed by atoms with van der Waals surface area (Å²) in [7, 11) is 0. The monoisotopic (exact) mass is 214 g/mol. The summed E-state index contributed by atoms with van der Waals surface area (Å²) >= 11 is 0.